The molecule has 0 bridgehead atoms. The molecule has 8 heteroatoms. The van der Waals surface area contributed by atoms with Gasteiger partial charge >= 0.3 is 18.1 Å². The average Bonchev–Trinajstić information content (AvgIpc) is 2.00. The standard InChI is InChI=1S/C7H9F7O/c1-2-3-6(10,11)15-5(9,4-8)7(12,13)14/h2-4H2,1H3. The van der Waals surface area contributed by atoms with Crippen LogP contribution in [0, 0.1) is 0 Å². The van der Waals surface area contributed by atoms with Crippen molar-refractivity contribution in [3.05, 3.63) is 0 Å². The van der Waals surface area contributed by atoms with Gasteiger partial charge in [0.15, 0.2) is 6.67 Å². The summed E-state index contributed by atoms with van der Waals surface area (Å²) in [5.41, 5.74) is 0. The van der Waals surface area contributed by atoms with Gasteiger partial charge < -0.3 is 0 Å². The maximum atomic E-state index is 12.6. The summed E-state index contributed by atoms with van der Waals surface area (Å²) in [5, 5.41) is 0. The van der Waals surface area contributed by atoms with Crippen molar-refractivity contribution in [2.45, 2.75) is 37.9 Å². The molecule has 0 aliphatic rings. The van der Waals surface area contributed by atoms with E-state index in [9.17, 15) is 30.7 Å². The Morgan fingerprint density at radius 1 is 1.00 bits per heavy atom. The number of halogens is 7. The lowest BCUT2D eigenvalue weighted by Crippen LogP contribution is -2.49. The smallest absolute Gasteiger partial charge is 0.272 e. The molecule has 0 aromatic rings. The van der Waals surface area contributed by atoms with Crippen molar-refractivity contribution in [2.75, 3.05) is 6.67 Å². The molecular formula is C7H9F7O. The fraction of sp³-hybridized carbons (Fsp3) is 1.00. The highest BCUT2D eigenvalue weighted by Gasteiger charge is 2.62. The van der Waals surface area contributed by atoms with Crippen molar-refractivity contribution >= 4 is 0 Å². The van der Waals surface area contributed by atoms with Gasteiger partial charge in [0, 0.05) is 6.42 Å². The first-order valence-corrected chi connectivity index (χ1v) is 3.97. The summed E-state index contributed by atoms with van der Waals surface area (Å²) in [6.07, 6.45) is -11.5. The van der Waals surface area contributed by atoms with Crippen LogP contribution in [0.3, 0.4) is 0 Å². The molecule has 0 saturated carbocycles. The SMILES string of the molecule is CCCC(F)(F)OC(F)(CF)C(F)(F)F. The van der Waals surface area contributed by atoms with E-state index in [4.69, 9.17) is 0 Å². The van der Waals surface area contributed by atoms with Gasteiger partial charge in [-0.3, -0.25) is 4.74 Å². The molecule has 0 N–H and O–H groups in total. The molecule has 0 aromatic carbocycles. The molecule has 92 valence electrons. The number of alkyl halides is 7. The molecule has 0 aromatic heterocycles. The predicted molar refractivity (Wildman–Crippen MR) is 36.8 cm³/mol. The van der Waals surface area contributed by atoms with Crippen molar-refractivity contribution in [3.63, 3.8) is 0 Å². The molecule has 0 amide bonds. The number of hydrogen-bond acceptors (Lipinski definition) is 1. The van der Waals surface area contributed by atoms with Gasteiger partial charge in [0.1, 0.15) is 0 Å². The first-order valence-electron chi connectivity index (χ1n) is 3.97. The van der Waals surface area contributed by atoms with Gasteiger partial charge in [-0.2, -0.15) is 26.3 Å². The van der Waals surface area contributed by atoms with Crippen LogP contribution in [0.2, 0.25) is 0 Å². The zero-order chi connectivity index (χ0) is 12.3. The van der Waals surface area contributed by atoms with Crippen molar-refractivity contribution in [1.82, 2.24) is 0 Å². The molecule has 0 aliphatic carbocycles. The lowest BCUT2D eigenvalue weighted by atomic mass is 10.3. The van der Waals surface area contributed by atoms with Crippen LogP contribution in [0.25, 0.3) is 0 Å². The van der Waals surface area contributed by atoms with Gasteiger partial charge in [-0.05, 0) is 6.42 Å². The molecule has 0 fully saturated rings. The number of hydrogen-bond donors (Lipinski definition) is 0. The summed E-state index contributed by atoms with van der Waals surface area (Å²) >= 11 is 0. The number of rotatable bonds is 5. The minimum atomic E-state index is -5.83. The van der Waals surface area contributed by atoms with Crippen molar-refractivity contribution in [3.8, 4) is 0 Å². The average molecular weight is 242 g/mol. The molecule has 0 rings (SSSR count). The Morgan fingerprint density at radius 3 is 1.73 bits per heavy atom. The Balaban J connectivity index is 4.72. The Morgan fingerprint density at radius 2 is 1.47 bits per heavy atom. The third-order valence-electron chi connectivity index (χ3n) is 1.45. The summed E-state index contributed by atoms with van der Waals surface area (Å²) in [4.78, 5) is 0. The highest BCUT2D eigenvalue weighted by Crippen LogP contribution is 2.40. The molecule has 1 atom stereocenters. The minimum Gasteiger partial charge on any atom is -0.272 e. The topological polar surface area (TPSA) is 9.23 Å². The molecule has 15 heavy (non-hydrogen) atoms. The zero-order valence-corrected chi connectivity index (χ0v) is 7.68. The van der Waals surface area contributed by atoms with E-state index in [1.165, 1.54) is 6.92 Å². The van der Waals surface area contributed by atoms with E-state index in [0.29, 0.717) is 0 Å². The largest absolute Gasteiger partial charge is 0.451 e. The summed E-state index contributed by atoms with van der Waals surface area (Å²) in [6.45, 7) is -1.48. The van der Waals surface area contributed by atoms with E-state index in [0.717, 1.165) is 0 Å². The van der Waals surface area contributed by atoms with E-state index in [2.05, 4.69) is 4.74 Å². The number of ether oxygens (including phenoxy) is 1. The monoisotopic (exact) mass is 242 g/mol. The van der Waals surface area contributed by atoms with Crippen LogP contribution in [0.4, 0.5) is 30.7 Å². The van der Waals surface area contributed by atoms with E-state index in [-0.39, 0.29) is 6.42 Å². The van der Waals surface area contributed by atoms with E-state index < -0.39 is 31.2 Å². The lowest BCUT2D eigenvalue weighted by Gasteiger charge is -2.29. The second kappa shape index (κ2) is 4.54. The second-order valence-corrected chi connectivity index (χ2v) is 2.85. The normalized spacial score (nSPS) is 17.6. The zero-order valence-electron chi connectivity index (χ0n) is 7.68. The minimum absolute atomic E-state index is 0.229. The van der Waals surface area contributed by atoms with Gasteiger partial charge in [0.2, 0.25) is 0 Å². The summed E-state index contributed by atoms with van der Waals surface area (Å²) < 4.78 is 87.7. The van der Waals surface area contributed by atoms with Crippen LogP contribution in [0.5, 0.6) is 0 Å². The molecule has 1 unspecified atom stereocenters. The molecular weight excluding hydrogens is 233 g/mol. The highest BCUT2D eigenvalue weighted by molar-refractivity contribution is 4.78. The van der Waals surface area contributed by atoms with E-state index in [1.54, 1.807) is 0 Å². The van der Waals surface area contributed by atoms with Crippen molar-refractivity contribution < 1.29 is 35.5 Å². The first-order chi connectivity index (χ1) is 6.58. The fourth-order valence-electron chi connectivity index (χ4n) is 0.740. The van der Waals surface area contributed by atoms with E-state index in [1.807, 2.05) is 0 Å². The Bertz CT molecular complexity index is 202. The third kappa shape index (κ3) is 3.84. The van der Waals surface area contributed by atoms with Gasteiger partial charge in [0.25, 0.3) is 0 Å². The van der Waals surface area contributed by atoms with Gasteiger partial charge in [-0.25, -0.2) is 4.39 Å². The molecule has 0 heterocycles. The van der Waals surface area contributed by atoms with E-state index >= 15 is 0 Å². The van der Waals surface area contributed by atoms with Crippen molar-refractivity contribution in [2.24, 2.45) is 0 Å². The van der Waals surface area contributed by atoms with Crippen LogP contribution < -0.4 is 0 Å². The van der Waals surface area contributed by atoms with Crippen LogP contribution in [-0.2, 0) is 4.74 Å². The highest BCUT2D eigenvalue weighted by atomic mass is 19.4. The predicted octanol–water partition coefficient (Wildman–Crippen LogP) is 3.59. The molecule has 0 saturated heterocycles. The van der Waals surface area contributed by atoms with Crippen LogP contribution in [0.1, 0.15) is 19.8 Å². The molecule has 0 radical (unpaired) electrons. The maximum absolute atomic E-state index is 12.6. The second-order valence-electron chi connectivity index (χ2n) is 2.85. The lowest BCUT2D eigenvalue weighted by molar-refractivity contribution is -0.414. The summed E-state index contributed by atoms with van der Waals surface area (Å²) in [6, 6.07) is 0. The van der Waals surface area contributed by atoms with Crippen molar-refractivity contribution in [1.29, 1.82) is 0 Å². The van der Waals surface area contributed by atoms with Gasteiger partial charge in [0.05, 0.1) is 0 Å². The van der Waals surface area contributed by atoms with Gasteiger partial charge in [-0.1, -0.05) is 6.92 Å². The first kappa shape index (κ1) is 14.5. The van der Waals surface area contributed by atoms with Crippen LogP contribution in [0.15, 0.2) is 0 Å². The van der Waals surface area contributed by atoms with Crippen LogP contribution >= 0.6 is 0 Å². The molecule has 1 nitrogen and oxygen atoms in total. The third-order valence-corrected chi connectivity index (χ3v) is 1.45. The van der Waals surface area contributed by atoms with Gasteiger partial charge in [-0.15, -0.1) is 0 Å². The Hall–Kier alpha value is -0.530. The fourth-order valence-corrected chi connectivity index (χ4v) is 0.740. The summed E-state index contributed by atoms with van der Waals surface area (Å²) in [5.74, 6) is -4.95. The Kier molecular flexibility index (Phi) is 4.38. The quantitative estimate of drug-likeness (QED) is 0.669. The molecule has 0 aliphatic heterocycles. The maximum Gasteiger partial charge on any atom is 0.451 e. The molecule has 0 spiro atoms. The summed E-state index contributed by atoms with van der Waals surface area (Å²) in [7, 11) is 0. The Labute approximate surface area is 81.2 Å². The van der Waals surface area contributed by atoms with Crippen LogP contribution in [-0.4, -0.2) is 24.8 Å².